The topological polar surface area (TPSA) is 29.1 Å². The number of amides is 1. The van der Waals surface area contributed by atoms with Crippen LogP contribution in [-0.4, -0.2) is 11.2 Å². The van der Waals surface area contributed by atoms with E-state index in [1.54, 1.807) is 11.8 Å². The van der Waals surface area contributed by atoms with Crippen molar-refractivity contribution in [2.45, 2.75) is 36.3 Å². The number of benzene rings is 2. The molecule has 0 saturated heterocycles. The normalized spacial score (nSPS) is 14.5. The van der Waals surface area contributed by atoms with Crippen molar-refractivity contribution < 1.29 is 4.79 Å². The Kier molecular flexibility index (Phi) is 4.30. The quantitative estimate of drug-likeness (QED) is 0.853. The zero-order valence-corrected chi connectivity index (χ0v) is 13.0. The summed E-state index contributed by atoms with van der Waals surface area (Å²) in [5.41, 5.74) is 3.73. The highest BCUT2D eigenvalue weighted by atomic mass is 32.2. The fourth-order valence-electron chi connectivity index (χ4n) is 2.65. The smallest absolute Gasteiger partial charge is 0.237 e. The predicted octanol–water partition coefficient (Wildman–Crippen LogP) is 4.29. The maximum absolute atomic E-state index is 12.3. The lowest BCUT2D eigenvalue weighted by Gasteiger charge is -2.13. The Balaban J connectivity index is 1.63. The van der Waals surface area contributed by atoms with Crippen LogP contribution < -0.4 is 5.32 Å². The van der Waals surface area contributed by atoms with Crippen LogP contribution in [0.3, 0.4) is 0 Å². The molecule has 3 rings (SSSR count). The number of nitrogens with one attached hydrogen (secondary N) is 1. The van der Waals surface area contributed by atoms with E-state index in [0.717, 1.165) is 17.0 Å². The molecule has 0 radical (unpaired) electrons. The second-order valence-corrected chi connectivity index (χ2v) is 6.81. The van der Waals surface area contributed by atoms with Gasteiger partial charge in [-0.3, -0.25) is 4.79 Å². The average molecular weight is 297 g/mol. The molecule has 21 heavy (non-hydrogen) atoms. The van der Waals surface area contributed by atoms with E-state index >= 15 is 0 Å². The van der Waals surface area contributed by atoms with Gasteiger partial charge in [0.2, 0.25) is 5.91 Å². The Bertz CT molecular complexity index is 639. The summed E-state index contributed by atoms with van der Waals surface area (Å²) >= 11 is 1.58. The minimum atomic E-state index is -0.111. The first kappa shape index (κ1) is 14.2. The van der Waals surface area contributed by atoms with Crippen LogP contribution in [0.15, 0.2) is 53.4 Å². The molecule has 0 heterocycles. The summed E-state index contributed by atoms with van der Waals surface area (Å²) in [5, 5.41) is 2.92. The van der Waals surface area contributed by atoms with Crippen LogP contribution in [0, 0.1) is 0 Å². The molecule has 2 nitrogen and oxygen atoms in total. The molecule has 1 amide bonds. The molecule has 0 aromatic heterocycles. The number of fused-ring (bicyclic) bond motifs is 1. The van der Waals surface area contributed by atoms with Gasteiger partial charge in [-0.05, 0) is 61.6 Å². The van der Waals surface area contributed by atoms with Crippen LogP contribution in [0.2, 0.25) is 0 Å². The summed E-state index contributed by atoms with van der Waals surface area (Å²) in [6, 6.07) is 16.3. The summed E-state index contributed by atoms with van der Waals surface area (Å²) in [6.07, 6.45) is 3.53. The molecule has 0 aliphatic heterocycles. The fraction of sp³-hybridized carbons (Fsp3) is 0.278. The lowest BCUT2D eigenvalue weighted by Crippen LogP contribution is -2.22. The van der Waals surface area contributed by atoms with Gasteiger partial charge in [0.05, 0.1) is 5.25 Å². The average Bonchev–Trinajstić information content (AvgIpc) is 2.95. The highest BCUT2D eigenvalue weighted by Crippen LogP contribution is 2.27. The third kappa shape index (κ3) is 3.48. The van der Waals surface area contributed by atoms with E-state index in [-0.39, 0.29) is 11.2 Å². The predicted molar refractivity (Wildman–Crippen MR) is 88.9 cm³/mol. The van der Waals surface area contributed by atoms with Crippen molar-refractivity contribution in [3.05, 3.63) is 59.7 Å². The van der Waals surface area contributed by atoms with Crippen LogP contribution in [0.5, 0.6) is 0 Å². The maximum atomic E-state index is 12.3. The Morgan fingerprint density at radius 3 is 2.67 bits per heavy atom. The largest absolute Gasteiger partial charge is 0.325 e. The summed E-state index contributed by atoms with van der Waals surface area (Å²) < 4.78 is 0. The third-order valence-electron chi connectivity index (χ3n) is 3.79. The van der Waals surface area contributed by atoms with E-state index in [0.29, 0.717) is 0 Å². The second kappa shape index (κ2) is 6.35. The number of hydrogen-bond acceptors (Lipinski definition) is 2. The van der Waals surface area contributed by atoms with Gasteiger partial charge < -0.3 is 5.32 Å². The molecule has 1 unspecified atom stereocenters. The zero-order chi connectivity index (χ0) is 14.7. The van der Waals surface area contributed by atoms with Gasteiger partial charge in [-0.25, -0.2) is 0 Å². The maximum Gasteiger partial charge on any atom is 0.237 e. The van der Waals surface area contributed by atoms with E-state index in [1.807, 2.05) is 43.3 Å². The first-order valence-electron chi connectivity index (χ1n) is 7.37. The molecule has 1 aliphatic carbocycles. The Morgan fingerprint density at radius 2 is 1.86 bits per heavy atom. The van der Waals surface area contributed by atoms with Crippen molar-refractivity contribution in [1.82, 2.24) is 0 Å². The number of rotatable bonds is 4. The molecule has 0 fully saturated rings. The summed E-state index contributed by atoms with van der Waals surface area (Å²) in [4.78, 5) is 13.4. The van der Waals surface area contributed by atoms with Gasteiger partial charge in [-0.2, -0.15) is 0 Å². The molecule has 1 aliphatic rings. The van der Waals surface area contributed by atoms with Crippen LogP contribution in [0.25, 0.3) is 0 Å². The van der Waals surface area contributed by atoms with Crippen molar-refractivity contribution in [2.75, 3.05) is 5.32 Å². The molecular weight excluding hydrogens is 278 g/mol. The Morgan fingerprint density at radius 1 is 1.10 bits per heavy atom. The van der Waals surface area contributed by atoms with Crippen molar-refractivity contribution in [2.24, 2.45) is 0 Å². The first-order valence-corrected chi connectivity index (χ1v) is 8.25. The van der Waals surface area contributed by atoms with Crippen LogP contribution in [0.1, 0.15) is 24.5 Å². The fourth-order valence-corrected chi connectivity index (χ4v) is 3.54. The summed E-state index contributed by atoms with van der Waals surface area (Å²) in [6.45, 7) is 1.94. The zero-order valence-electron chi connectivity index (χ0n) is 12.1. The van der Waals surface area contributed by atoms with Crippen molar-refractivity contribution in [3.8, 4) is 0 Å². The molecule has 108 valence electrons. The van der Waals surface area contributed by atoms with E-state index in [2.05, 4.69) is 17.4 Å². The van der Waals surface area contributed by atoms with Crippen molar-refractivity contribution >= 4 is 23.4 Å². The molecule has 3 heteroatoms. The highest BCUT2D eigenvalue weighted by molar-refractivity contribution is 8.00. The van der Waals surface area contributed by atoms with E-state index in [4.69, 9.17) is 0 Å². The van der Waals surface area contributed by atoms with E-state index in [9.17, 15) is 4.79 Å². The summed E-state index contributed by atoms with van der Waals surface area (Å²) in [5.74, 6) is 0.0572. The minimum absolute atomic E-state index is 0.0572. The number of carbonyl (C=O) groups excluding carboxylic acids is 1. The highest BCUT2D eigenvalue weighted by Gasteiger charge is 2.16. The Labute approximate surface area is 130 Å². The van der Waals surface area contributed by atoms with Gasteiger partial charge in [-0.15, -0.1) is 11.8 Å². The number of hydrogen-bond donors (Lipinski definition) is 1. The standard InChI is InChI=1S/C18H19NOS/c1-13(21-17-8-3-2-4-9-17)18(20)19-16-11-10-14-6-5-7-15(14)12-16/h2-4,8-13H,5-7H2,1H3,(H,19,20). The van der Waals surface area contributed by atoms with Gasteiger partial charge in [0.15, 0.2) is 0 Å². The molecule has 0 bridgehead atoms. The van der Waals surface area contributed by atoms with Crippen molar-refractivity contribution in [3.63, 3.8) is 0 Å². The number of anilines is 1. The SMILES string of the molecule is CC(Sc1ccccc1)C(=O)Nc1ccc2c(c1)CCC2. The molecular formula is C18H19NOS. The molecule has 1 N–H and O–H groups in total. The second-order valence-electron chi connectivity index (χ2n) is 5.40. The first-order chi connectivity index (χ1) is 10.2. The number of aryl methyl sites for hydroxylation is 2. The van der Waals surface area contributed by atoms with Gasteiger partial charge in [0.1, 0.15) is 0 Å². The molecule has 0 spiro atoms. The molecule has 0 saturated carbocycles. The van der Waals surface area contributed by atoms with E-state index < -0.39 is 0 Å². The lowest BCUT2D eigenvalue weighted by atomic mass is 10.1. The minimum Gasteiger partial charge on any atom is -0.325 e. The molecule has 1 atom stereocenters. The van der Waals surface area contributed by atoms with Crippen LogP contribution in [0.4, 0.5) is 5.69 Å². The number of thioether (sulfide) groups is 1. The molecule has 2 aromatic carbocycles. The van der Waals surface area contributed by atoms with Gasteiger partial charge in [0.25, 0.3) is 0 Å². The lowest BCUT2D eigenvalue weighted by molar-refractivity contribution is -0.115. The van der Waals surface area contributed by atoms with Crippen LogP contribution in [-0.2, 0) is 17.6 Å². The molecule has 2 aromatic rings. The van der Waals surface area contributed by atoms with Crippen molar-refractivity contribution in [1.29, 1.82) is 0 Å². The van der Waals surface area contributed by atoms with E-state index in [1.165, 1.54) is 24.0 Å². The summed E-state index contributed by atoms with van der Waals surface area (Å²) in [7, 11) is 0. The van der Waals surface area contributed by atoms with Crippen LogP contribution >= 0.6 is 11.8 Å². The Hall–Kier alpha value is -1.74. The van der Waals surface area contributed by atoms with Gasteiger partial charge in [-0.1, -0.05) is 24.3 Å². The number of carbonyl (C=O) groups is 1. The van der Waals surface area contributed by atoms with Gasteiger partial charge in [0, 0.05) is 10.6 Å². The van der Waals surface area contributed by atoms with Gasteiger partial charge >= 0.3 is 0 Å². The third-order valence-corrected chi connectivity index (χ3v) is 4.90. The monoisotopic (exact) mass is 297 g/mol.